The predicted octanol–water partition coefficient (Wildman–Crippen LogP) is 4.14. The number of carbonyl (C=O) groups excluding carboxylic acids is 1. The lowest BCUT2D eigenvalue weighted by molar-refractivity contribution is -0.115. The first-order valence-electron chi connectivity index (χ1n) is 9.36. The molecule has 0 bridgehead atoms. The van der Waals surface area contributed by atoms with Crippen molar-refractivity contribution in [3.05, 3.63) is 54.6 Å². The largest absolute Gasteiger partial charge is 0.343 e. The van der Waals surface area contributed by atoms with E-state index in [2.05, 4.69) is 5.32 Å². The third-order valence-electron chi connectivity index (χ3n) is 5.11. The van der Waals surface area contributed by atoms with Crippen LogP contribution in [0.15, 0.2) is 54.6 Å². The summed E-state index contributed by atoms with van der Waals surface area (Å²) in [5.74, 6) is -0.356. The molecule has 0 heterocycles. The lowest BCUT2D eigenvalue weighted by Crippen LogP contribution is -2.25. The number of amides is 1. The molecule has 1 N–H and O–H groups in total. The molecule has 0 saturated heterocycles. The topological polar surface area (TPSA) is 66.5 Å². The third-order valence-corrected chi connectivity index (χ3v) is 7.37. The van der Waals surface area contributed by atoms with Crippen LogP contribution in [0.4, 0.5) is 17.1 Å². The molecule has 1 amide bonds. The molecule has 2 aromatic carbocycles. The quantitative estimate of drug-likeness (QED) is 0.777. The highest BCUT2D eigenvalue weighted by Gasteiger charge is 2.28. The maximum atomic E-state index is 12.4. The molecule has 0 spiro atoms. The molecule has 3 rings (SSSR count). The van der Waals surface area contributed by atoms with E-state index >= 15 is 0 Å². The summed E-state index contributed by atoms with van der Waals surface area (Å²) in [5.41, 5.74) is 2.53. The fraction of sp³-hybridized carbons (Fsp3) is 0.381. The Morgan fingerprint density at radius 1 is 1.04 bits per heavy atom. The van der Waals surface area contributed by atoms with Gasteiger partial charge in [-0.05, 0) is 37.1 Å². The SMILES string of the molecule is CN(c1ccccc1)c1ccccc1NC(=O)CCS(=O)(=O)C1CCCC1. The van der Waals surface area contributed by atoms with E-state index in [-0.39, 0.29) is 23.3 Å². The smallest absolute Gasteiger partial charge is 0.225 e. The molecule has 2 aromatic rings. The number of nitrogens with one attached hydrogen (secondary N) is 1. The maximum absolute atomic E-state index is 12.4. The van der Waals surface area contributed by atoms with Gasteiger partial charge in [-0.3, -0.25) is 4.79 Å². The second-order valence-electron chi connectivity index (χ2n) is 6.98. The first-order valence-corrected chi connectivity index (χ1v) is 11.1. The van der Waals surface area contributed by atoms with E-state index in [1.54, 1.807) is 0 Å². The number of sulfone groups is 1. The van der Waals surface area contributed by atoms with Crippen molar-refractivity contribution in [1.29, 1.82) is 0 Å². The standard InChI is InChI=1S/C21H26N2O3S/c1-23(17-9-3-2-4-10-17)20-14-8-7-13-19(20)22-21(24)15-16-27(25,26)18-11-5-6-12-18/h2-4,7-10,13-14,18H,5-6,11-12,15-16H2,1H3,(H,22,24). The number of nitrogens with zero attached hydrogens (tertiary/aromatic N) is 1. The van der Waals surface area contributed by atoms with Crippen LogP contribution in [0.25, 0.3) is 0 Å². The zero-order chi connectivity index (χ0) is 19.3. The summed E-state index contributed by atoms with van der Waals surface area (Å²) in [4.78, 5) is 14.4. The molecule has 1 saturated carbocycles. The number of benzene rings is 2. The first kappa shape index (κ1) is 19.4. The Labute approximate surface area is 161 Å². The van der Waals surface area contributed by atoms with E-state index in [1.807, 2.05) is 66.5 Å². The van der Waals surface area contributed by atoms with E-state index in [9.17, 15) is 13.2 Å². The van der Waals surface area contributed by atoms with Gasteiger partial charge in [0.1, 0.15) is 0 Å². The van der Waals surface area contributed by atoms with Gasteiger partial charge in [0.15, 0.2) is 9.84 Å². The molecular weight excluding hydrogens is 360 g/mol. The molecule has 5 nitrogen and oxygen atoms in total. The minimum atomic E-state index is -3.19. The molecule has 27 heavy (non-hydrogen) atoms. The van der Waals surface area contributed by atoms with Gasteiger partial charge in [-0.25, -0.2) is 8.42 Å². The van der Waals surface area contributed by atoms with E-state index in [0.717, 1.165) is 37.1 Å². The van der Waals surface area contributed by atoms with Crippen LogP contribution in [0, 0.1) is 0 Å². The van der Waals surface area contributed by atoms with Gasteiger partial charge >= 0.3 is 0 Å². The summed E-state index contributed by atoms with van der Waals surface area (Å²) in [7, 11) is -1.25. The van der Waals surface area contributed by atoms with Crippen LogP contribution in [0.2, 0.25) is 0 Å². The Bertz CT molecular complexity index is 875. The van der Waals surface area contributed by atoms with Crippen molar-refractivity contribution in [2.24, 2.45) is 0 Å². The van der Waals surface area contributed by atoms with Crippen molar-refractivity contribution in [3.8, 4) is 0 Å². The van der Waals surface area contributed by atoms with Crippen LogP contribution in [-0.4, -0.2) is 32.4 Å². The normalized spacial score (nSPS) is 14.9. The van der Waals surface area contributed by atoms with E-state index in [1.165, 1.54) is 0 Å². The second kappa shape index (κ2) is 8.57. The maximum Gasteiger partial charge on any atom is 0.225 e. The zero-order valence-corrected chi connectivity index (χ0v) is 16.4. The minimum absolute atomic E-state index is 0.0117. The molecule has 1 aliphatic rings. The molecule has 0 aliphatic heterocycles. The highest BCUT2D eigenvalue weighted by Crippen LogP contribution is 2.30. The van der Waals surface area contributed by atoms with Gasteiger partial charge in [-0.15, -0.1) is 0 Å². The van der Waals surface area contributed by atoms with Crippen molar-refractivity contribution in [2.75, 3.05) is 23.0 Å². The minimum Gasteiger partial charge on any atom is -0.343 e. The van der Waals surface area contributed by atoms with Gasteiger partial charge in [0, 0.05) is 19.2 Å². The summed E-state index contributed by atoms with van der Waals surface area (Å²) in [6.07, 6.45) is 3.39. The van der Waals surface area contributed by atoms with Crippen molar-refractivity contribution in [1.82, 2.24) is 0 Å². The molecule has 144 valence electrons. The molecule has 0 atom stereocenters. The number of para-hydroxylation sites is 3. The summed E-state index contributed by atoms with van der Waals surface area (Å²) in [5, 5.41) is 2.62. The Morgan fingerprint density at radius 2 is 1.67 bits per heavy atom. The zero-order valence-electron chi connectivity index (χ0n) is 15.6. The Balaban J connectivity index is 1.66. The monoisotopic (exact) mass is 386 g/mol. The van der Waals surface area contributed by atoms with Crippen LogP contribution in [0.3, 0.4) is 0 Å². The van der Waals surface area contributed by atoms with Crippen molar-refractivity contribution in [2.45, 2.75) is 37.4 Å². The number of rotatable bonds is 7. The van der Waals surface area contributed by atoms with Crippen LogP contribution in [-0.2, 0) is 14.6 Å². The van der Waals surface area contributed by atoms with E-state index in [4.69, 9.17) is 0 Å². The highest BCUT2D eigenvalue weighted by atomic mass is 32.2. The second-order valence-corrected chi connectivity index (χ2v) is 9.38. The molecule has 1 fully saturated rings. The fourth-order valence-corrected chi connectivity index (χ4v) is 5.38. The Hall–Kier alpha value is -2.34. The summed E-state index contributed by atoms with van der Waals surface area (Å²) in [6.45, 7) is 0. The van der Waals surface area contributed by atoms with Gasteiger partial charge in [0.05, 0.1) is 22.4 Å². The molecule has 1 aliphatic carbocycles. The lowest BCUT2D eigenvalue weighted by Gasteiger charge is -2.22. The van der Waals surface area contributed by atoms with Gasteiger partial charge < -0.3 is 10.2 Å². The van der Waals surface area contributed by atoms with Gasteiger partial charge in [0.25, 0.3) is 0 Å². The van der Waals surface area contributed by atoms with Crippen molar-refractivity contribution >= 4 is 32.8 Å². The van der Waals surface area contributed by atoms with Crippen LogP contribution in [0.5, 0.6) is 0 Å². The third kappa shape index (κ3) is 4.89. The number of anilines is 3. The van der Waals surface area contributed by atoms with Gasteiger partial charge in [0.2, 0.25) is 5.91 Å². The number of hydrogen-bond acceptors (Lipinski definition) is 4. The Morgan fingerprint density at radius 3 is 2.37 bits per heavy atom. The van der Waals surface area contributed by atoms with Crippen molar-refractivity contribution in [3.63, 3.8) is 0 Å². The van der Waals surface area contributed by atoms with Gasteiger partial charge in [-0.2, -0.15) is 0 Å². The van der Waals surface area contributed by atoms with E-state index in [0.29, 0.717) is 5.69 Å². The van der Waals surface area contributed by atoms with Gasteiger partial charge in [-0.1, -0.05) is 43.2 Å². The molecule has 0 unspecified atom stereocenters. The predicted molar refractivity (Wildman–Crippen MR) is 110 cm³/mol. The summed E-state index contributed by atoms with van der Waals surface area (Å²) >= 11 is 0. The first-order chi connectivity index (χ1) is 13.0. The van der Waals surface area contributed by atoms with Crippen LogP contribution >= 0.6 is 0 Å². The molecule has 6 heteroatoms. The number of carbonyl (C=O) groups is 1. The summed E-state index contributed by atoms with van der Waals surface area (Å²) in [6, 6.07) is 17.4. The molecular formula is C21H26N2O3S. The summed E-state index contributed by atoms with van der Waals surface area (Å²) < 4.78 is 24.7. The average molecular weight is 387 g/mol. The number of hydrogen-bond donors (Lipinski definition) is 1. The highest BCUT2D eigenvalue weighted by molar-refractivity contribution is 7.92. The van der Waals surface area contributed by atoms with Crippen molar-refractivity contribution < 1.29 is 13.2 Å². The Kier molecular flexibility index (Phi) is 6.16. The fourth-order valence-electron chi connectivity index (χ4n) is 3.52. The molecule has 0 aromatic heterocycles. The van der Waals surface area contributed by atoms with E-state index < -0.39 is 9.84 Å². The molecule has 0 radical (unpaired) electrons. The van der Waals surface area contributed by atoms with Crippen LogP contribution in [0.1, 0.15) is 32.1 Å². The lowest BCUT2D eigenvalue weighted by atomic mass is 10.2. The average Bonchev–Trinajstić information content (AvgIpc) is 3.23. The van der Waals surface area contributed by atoms with Crippen LogP contribution < -0.4 is 10.2 Å².